The minimum atomic E-state index is 0.249. The Morgan fingerprint density at radius 3 is 0.961 bits per heavy atom. The lowest BCUT2D eigenvalue weighted by atomic mass is 10.1. The van der Waals surface area contributed by atoms with Gasteiger partial charge in [0.25, 0.3) is 0 Å². The molecule has 0 aliphatic rings. The molecule has 1 N–H and O–H groups in total. The first kappa shape index (κ1) is 32.8. The van der Waals surface area contributed by atoms with Crippen LogP contribution in [-0.4, -0.2) is 12.2 Å². The van der Waals surface area contributed by atoms with Gasteiger partial charge in [-0.2, -0.15) is 0 Å². The lowest BCUT2D eigenvalue weighted by Gasteiger charge is -2.25. The normalized spacial score (nSPS) is 11.2. The molecule has 0 aliphatic carbocycles. The van der Waals surface area contributed by atoms with Gasteiger partial charge >= 0.3 is 0 Å². The van der Waals surface area contributed by atoms with Gasteiger partial charge in [-0.3, -0.25) is 0 Å². The average Bonchev–Trinajstić information content (AvgIpc) is 3.20. The molecule has 0 saturated carbocycles. The Morgan fingerprint density at radius 1 is 0.353 bits per heavy atom. The zero-order valence-electron chi connectivity index (χ0n) is 28.4. The monoisotopic (exact) mass is 662 g/mol. The van der Waals surface area contributed by atoms with E-state index in [1.807, 2.05) is 48.5 Å². The number of rotatable bonds is 11. The smallest absolute Gasteiger partial charge is 0.119 e. The zero-order valence-corrected chi connectivity index (χ0v) is 28.4. The first-order valence-corrected chi connectivity index (χ1v) is 16.9. The number of aromatic hydroxyl groups is 1. The molecule has 0 radical (unpaired) electrons. The minimum absolute atomic E-state index is 0.249. The number of methoxy groups -OCH3 is 1. The summed E-state index contributed by atoms with van der Waals surface area (Å²) in [5.41, 5.74) is 10.8. The number of para-hydroxylation sites is 2. The van der Waals surface area contributed by atoms with Gasteiger partial charge in [-0.25, -0.2) is 0 Å². The van der Waals surface area contributed by atoms with Crippen molar-refractivity contribution in [2.24, 2.45) is 0 Å². The van der Waals surface area contributed by atoms with E-state index >= 15 is 0 Å². The summed E-state index contributed by atoms with van der Waals surface area (Å²) in [7, 11) is 1.69. The predicted molar refractivity (Wildman–Crippen MR) is 215 cm³/mol. The van der Waals surface area contributed by atoms with Crippen LogP contribution in [0, 0.1) is 0 Å². The molecule has 0 atom stereocenters. The average molecular weight is 663 g/mol. The quantitative estimate of drug-likeness (QED) is 0.140. The van der Waals surface area contributed by atoms with Crippen molar-refractivity contribution in [3.63, 3.8) is 0 Å². The van der Waals surface area contributed by atoms with Gasteiger partial charge in [-0.15, -0.1) is 0 Å². The number of phenolic OH excluding ortho intramolecular Hbond substituents is 1. The van der Waals surface area contributed by atoms with Gasteiger partial charge in [-0.1, -0.05) is 109 Å². The third-order valence-corrected chi connectivity index (χ3v) is 8.64. The van der Waals surface area contributed by atoms with E-state index < -0.39 is 0 Å². The van der Waals surface area contributed by atoms with Crippen molar-refractivity contribution in [3.05, 3.63) is 204 Å². The predicted octanol–water partition coefficient (Wildman–Crippen LogP) is 12.7. The van der Waals surface area contributed by atoms with E-state index in [9.17, 15) is 5.11 Å². The molecule has 0 spiro atoms. The number of hydrogen-bond acceptors (Lipinski definition) is 4. The molecule has 4 heteroatoms. The summed E-state index contributed by atoms with van der Waals surface area (Å²) in [4.78, 5) is 4.42. The van der Waals surface area contributed by atoms with Crippen LogP contribution in [-0.2, 0) is 0 Å². The highest BCUT2D eigenvalue weighted by atomic mass is 16.5. The molecule has 0 saturated heterocycles. The second kappa shape index (κ2) is 15.6. The van der Waals surface area contributed by atoms with Crippen molar-refractivity contribution in [2.45, 2.75) is 0 Å². The van der Waals surface area contributed by atoms with Gasteiger partial charge in [-0.05, 0) is 119 Å². The number of anilines is 6. The van der Waals surface area contributed by atoms with Crippen LogP contribution < -0.4 is 14.5 Å². The molecule has 0 aromatic heterocycles. The van der Waals surface area contributed by atoms with E-state index in [2.05, 4.69) is 155 Å². The molecule has 0 unspecified atom stereocenters. The van der Waals surface area contributed by atoms with E-state index in [0.717, 1.165) is 62.1 Å². The highest BCUT2D eigenvalue weighted by molar-refractivity contribution is 5.80. The summed E-state index contributed by atoms with van der Waals surface area (Å²) in [5, 5.41) is 9.82. The maximum absolute atomic E-state index is 9.82. The molecule has 0 heterocycles. The van der Waals surface area contributed by atoms with Crippen LogP contribution in [0.2, 0.25) is 0 Å². The van der Waals surface area contributed by atoms with E-state index in [4.69, 9.17) is 4.74 Å². The Morgan fingerprint density at radius 2 is 0.627 bits per heavy atom. The second-order valence-corrected chi connectivity index (χ2v) is 12.1. The highest BCUT2D eigenvalue weighted by Gasteiger charge is 2.13. The SMILES string of the molecule is COc1ccc(N(c2ccccc2)c2ccc(C=Cc3ccc(C=Cc4ccc(N(c5ccccc5)c5ccc(O)cc5)cc4)cc3)cc2)cc1. The number of ether oxygens (including phenoxy) is 1. The molecule has 7 aromatic carbocycles. The zero-order chi connectivity index (χ0) is 34.8. The molecule has 4 nitrogen and oxygen atoms in total. The largest absolute Gasteiger partial charge is 0.508 e. The number of phenols is 1. The lowest BCUT2D eigenvalue weighted by Crippen LogP contribution is -2.09. The van der Waals surface area contributed by atoms with E-state index in [-0.39, 0.29) is 5.75 Å². The molecule has 0 amide bonds. The third kappa shape index (κ3) is 8.10. The topological polar surface area (TPSA) is 35.9 Å². The van der Waals surface area contributed by atoms with E-state index in [0.29, 0.717) is 0 Å². The maximum atomic E-state index is 9.82. The Bertz CT molecular complexity index is 2190. The van der Waals surface area contributed by atoms with Gasteiger partial charge in [0.15, 0.2) is 0 Å². The van der Waals surface area contributed by atoms with Crippen molar-refractivity contribution in [3.8, 4) is 11.5 Å². The van der Waals surface area contributed by atoms with Crippen molar-refractivity contribution >= 4 is 58.4 Å². The fourth-order valence-electron chi connectivity index (χ4n) is 5.95. The van der Waals surface area contributed by atoms with Crippen molar-refractivity contribution in [1.82, 2.24) is 0 Å². The fraction of sp³-hybridized carbons (Fsp3) is 0.0213. The van der Waals surface area contributed by atoms with Crippen molar-refractivity contribution in [2.75, 3.05) is 16.9 Å². The van der Waals surface area contributed by atoms with Crippen molar-refractivity contribution < 1.29 is 9.84 Å². The minimum Gasteiger partial charge on any atom is -0.508 e. The first-order chi connectivity index (χ1) is 25.1. The summed E-state index contributed by atoms with van der Waals surface area (Å²) in [6.45, 7) is 0. The maximum Gasteiger partial charge on any atom is 0.119 e. The molecule has 0 aliphatic heterocycles. The molecular formula is C47H38N2O2. The van der Waals surface area contributed by atoms with Crippen LogP contribution in [0.25, 0.3) is 24.3 Å². The molecule has 248 valence electrons. The molecule has 7 rings (SSSR count). The Hall–Kier alpha value is -6.78. The molecular weight excluding hydrogens is 625 g/mol. The third-order valence-electron chi connectivity index (χ3n) is 8.64. The molecule has 0 fully saturated rings. The fourth-order valence-corrected chi connectivity index (χ4v) is 5.95. The number of benzene rings is 7. The molecule has 51 heavy (non-hydrogen) atoms. The Balaban J connectivity index is 1.01. The van der Waals surface area contributed by atoms with Crippen LogP contribution >= 0.6 is 0 Å². The van der Waals surface area contributed by atoms with Gasteiger partial charge in [0.2, 0.25) is 0 Å². The lowest BCUT2D eigenvalue weighted by molar-refractivity contribution is 0.415. The number of nitrogens with zero attached hydrogens (tertiary/aromatic N) is 2. The highest BCUT2D eigenvalue weighted by Crippen LogP contribution is 2.36. The summed E-state index contributed by atoms with van der Waals surface area (Å²) in [6, 6.07) is 61.7. The standard InChI is InChI=1S/C47H38N2O2/c1-51-47-34-30-45(31-35-47)49(41-10-6-3-7-11-41)43-26-22-39(23-27-43)19-17-37-14-12-36(13-15-37)16-18-38-20-24-42(25-21-38)48(40-8-4-2-5-9-40)44-28-32-46(50)33-29-44/h2-35,50H,1H3. The first-order valence-electron chi connectivity index (χ1n) is 16.9. The van der Waals surface area contributed by atoms with Crippen molar-refractivity contribution in [1.29, 1.82) is 0 Å². The molecule has 7 aromatic rings. The summed E-state index contributed by atoms with van der Waals surface area (Å²) in [5.74, 6) is 1.08. The Labute approximate surface area is 300 Å². The van der Waals surface area contributed by atoms with Crippen LogP contribution in [0.4, 0.5) is 34.1 Å². The van der Waals surface area contributed by atoms with Crippen LogP contribution in [0.15, 0.2) is 182 Å². The van der Waals surface area contributed by atoms with E-state index in [1.165, 1.54) is 0 Å². The van der Waals surface area contributed by atoms with Gasteiger partial charge in [0, 0.05) is 34.1 Å². The number of hydrogen-bond donors (Lipinski definition) is 1. The summed E-state index contributed by atoms with van der Waals surface area (Å²) >= 11 is 0. The summed E-state index contributed by atoms with van der Waals surface area (Å²) in [6.07, 6.45) is 8.56. The van der Waals surface area contributed by atoms with Gasteiger partial charge in [0.05, 0.1) is 7.11 Å². The van der Waals surface area contributed by atoms with Crippen LogP contribution in [0.3, 0.4) is 0 Å². The van der Waals surface area contributed by atoms with Crippen LogP contribution in [0.5, 0.6) is 11.5 Å². The second-order valence-electron chi connectivity index (χ2n) is 12.1. The van der Waals surface area contributed by atoms with E-state index in [1.54, 1.807) is 19.2 Å². The van der Waals surface area contributed by atoms with Gasteiger partial charge in [0.1, 0.15) is 11.5 Å². The molecule has 0 bridgehead atoms. The Kier molecular flexibility index (Phi) is 10.0. The van der Waals surface area contributed by atoms with Gasteiger partial charge < -0.3 is 19.6 Å². The van der Waals surface area contributed by atoms with Crippen LogP contribution in [0.1, 0.15) is 22.3 Å². The summed E-state index contributed by atoms with van der Waals surface area (Å²) < 4.78 is 5.38.